The topological polar surface area (TPSA) is 85.0 Å². The van der Waals surface area contributed by atoms with E-state index in [0.29, 0.717) is 18.4 Å². The molecule has 0 radical (unpaired) electrons. The van der Waals surface area contributed by atoms with Gasteiger partial charge in [-0.05, 0) is 51.2 Å². The van der Waals surface area contributed by atoms with Gasteiger partial charge in [0.1, 0.15) is 5.82 Å². The van der Waals surface area contributed by atoms with E-state index in [1.807, 2.05) is 41.9 Å². The zero-order valence-corrected chi connectivity index (χ0v) is 19.3. The van der Waals surface area contributed by atoms with Gasteiger partial charge in [-0.1, -0.05) is 25.0 Å². The SMILES string of the molecule is Cc1cc(NC(=O)CCn2c(=O)c(N3CCCCC3)nc3ccccc32)n(C2CCCC2)n1. The third kappa shape index (κ3) is 4.51. The van der Waals surface area contributed by atoms with Crippen LogP contribution in [0, 0.1) is 6.92 Å². The van der Waals surface area contributed by atoms with Gasteiger partial charge in [0, 0.05) is 32.1 Å². The van der Waals surface area contributed by atoms with Crippen molar-refractivity contribution in [2.24, 2.45) is 0 Å². The van der Waals surface area contributed by atoms with Gasteiger partial charge in [-0.2, -0.15) is 5.10 Å². The van der Waals surface area contributed by atoms with Crippen LogP contribution in [0.5, 0.6) is 0 Å². The number of carbonyl (C=O) groups excluding carboxylic acids is 1. The minimum atomic E-state index is -0.116. The molecule has 0 atom stereocenters. The third-order valence-electron chi connectivity index (χ3n) is 6.85. The van der Waals surface area contributed by atoms with Crippen molar-refractivity contribution < 1.29 is 4.79 Å². The van der Waals surface area contributed by atoms with E-state index in [2.05, 4.69) is 15.3 Å². The van der Waals surface area contributed by atoms with Gasteiger partial charge in [-0.15, -0.1) is 0 Å². The van der Waals surface area contributed by atoms with Crippen molar-refractivity contribution in [1.29, 1.82) is 0 Å². The zero-order chi connectivity index (χ0) is 22.8. The van der Waals surface area contributed by atoms with Gasteiger partial charge in [0.15, 0.2) is 5.82 Å². The molecule has 2 aliphatic rings. The van der Waals surface area contributed by atoms with Crippen LogP contribution in [0.1, 0.15) is 63.1 Å². The Morgan fingerprint density at radius 1 is 1.09 bits per heavy atom. The first-order valence-corrected chi connectivity index (χ1v) is 12.2. The molecule has 0 spiro atoms. The largest absolute Gasteiger partial charge is 0.352 e. The van der Waals surface area contributed by atoms with Crippen LogP contribution in [0.25, 0.3) is 11.0 Å². The number of nitrogens with one attached hydrogen (secondary N) is 1. The lowest BCUT2D eigenvalue weighted by atomic mass is 10.1. The van der Waals surface area contributed by atoms with Crippen LogP contribution in [0.2, 0.25) is 0 Å². The van der Waals surface area contributed by atoms with Crippen LogP contribution in [-0.4, -0.2) is 38.3 Å². The monoisotopic (exact) mass is 448 g/mol. The number of carbonyl (C=O) groups is 1. The number of piperidine rings is 1. The second-order valence-electron chi connectivity index (χ2n) is 9.28. The highest BCUT2D eigenvalue weighted by molar-refractivity contribution is 5.90. The van der Waals surface area contributed by atoms with E-state index >= 15 is 0 Å². The van der Waals surface area contributed by atoms with Crippen LogP contribution in [0.3, 0.4) is 0 Å². The number of benzene rings is 1. The molecule has 1 saturated carbocycles. The van der Waals surface area contributed by atoms with Crippen LogP contribution in [0.15, 0.2) is 35.1 Å². The highest BCUT2D eigenvalue weighted by atomic mass is 16.2. The molecule has 1 saturated heterocycles. The van der Waals surface area contributed by atoms with Crippen molar-refractivity contribution >= 4 is 28.6 Å². The number of hydrogen-bond acceptors (Lipinski definition) is 5. The molecule has 1 N–H and O–H groups in total. The quantitative estimate of drug-likeness (QED) is 0.615. The van der Waals surface area contributed by atoms with Gasteiger partial charge in [0.2, 0.25) is 5.91 Å². The van der Waals surface area contributed by atoms with E-state index in [1.165, 1.54) is 19.3 Å². The van der Waals surface area contributed by atoms with E-state index in [0.717, 1.165) is 61.3 Å². The number of aryl methyl sites for hydroxylation is 2. The Hall–Kier alpha value is -3.16. The molecule has 3 aromatic rings. The molecule has 1 aliphatic heterocycles. The standard InChI is InChI=1S/C25H32N6O2/c1-18-17-22(31(28-18)19-9-3-4-10-19)27-23(32)13-16-30-21-12-6-5-11-20(21)26-24(25(30)33)29-14-7-2-8-15-29/h5-6,11-12,17,19H,2-4,7-10,13-16H2,1H3,(H,27,32). The molecule has 8 heteroatoms. The van der Waals surface area contributed by atoms with Gasteiger partial charge >= 0.3 is 0 Å². The average molecular weight is 449 g/mol. The Kier molecular flexibility index (Phi) is 6.15. The van der Waals surface area contributed by atoms with E-state index in [1.54, 1.807) is 4.57 Å². The molecule has 174 valence electrons. The molecule has 2 aromatic heterocycles. The fourth-order valence-electron chi connectivity index (χ4n) is 5.17. The molecule has 2 fully saturated rings. The summed E-state index contributed by atoms with van der Waals surface area (Å²) in [5.41, 5.74) is 2.34. The molecule has 0 unspecified atom stereocenters. The van der Waals surface area contributed by atoms with Gasteiger partial charge in [0.25, 0.3) is 5.56 Å². The van der Waals surface area contributed by atoms with Crippen LogP contribution >= 0.6 is 0 Å². The fourth-order valence-corrected chi connectivity index (χ4v) is 5.17. The maximum Gasteiger partial charge on any atom is 0.294 e. The molecule has 3 heterocycles. The molecule has 1 amide bonds. The van der Waals surface area contributed by atoms with E-state index < -0.39 is 0 Å². The molecule has 0 bridgehead atoms. The number of fused-ring (bicyclic) bond motifs is 1. The number of rotatable bonds is 6. The van der Waals surface area contributed by atoms with Gasteiger partial charge in [0.05, 0.1) is 22.8 Å². The lowest BCUT2D eigenvalue weighted by molar-refractivity contribution is -0.116. The molecule has 5 rings (SSSR count). The summed E-state index contributed by atoms with van der Waals surface area (Å²) in [6.45, 7) is 3.97. The van der Waals surface area contributed by atoms with Crippen LogP contribution in [-0.2, 0) is 11.3 Å². The van der Waals surface area contributed by atoms with Gasteiger partial charge in [-0.3, -0.25) is 9.59 Å². The predicted octanol–water partition coefficient (Wildman–Crippen LogP) is 4.04. The van der Waals surface area contributed by atoms with E-state index in [-0.39, 0.29) is 17.9 Å². The van der Waals surface area contributed by atoms with E-state index in [4.69, 9.17) is 4.98 Å². The summed E-state index contributed by atoms with van der Waals surface area (Å²) < 4.78 is 3.69. The van der Waals surface area contributed by atoms with Crippen molar-refractivity contribution in [1.82, 2.24) is 19.3 Å². The first kappa shape index (κ1) is 21.7. The highest BCUT2D eigenvalue weighted by Gasteiger charge is 2.22. The summed E-state index contributed by atoms with van der Waals surface area (Å²) in [6.07, 6.45) is 8.15. The normalized spacial score (nSPS) is 17.1. The summed E-state index contributed by atoms with van der Waals surface area (Å²) in [5.74, 6) is 1.15. The molecule has 1 aromatic carbocycles. The van der Waals surface area contributed by atoms with Crippen molar-refractivity contribution in [3.05, 3.63) is 46.4 Å². The lowest BCUT2D eigenvalue weighted by Gasteiger charge is -2.27. The molecule has 8 nitrogen and oxygen atoms in total. The average Bonchev–Trinajstić information content (AvgIpc) is 3.48. The van der Waals surface area contributed by atoms with Crippen molar-refractivity contribution in [2.75, 3.05) is 23.3 Å². The Morgan fingerprint density at radius 2 is 1.85 bits per heavy atom. The number of aromatic nitrogens is 4. The van der Waals surface area contributed by atoms with Crippen molar-refractivity contribution in [3.63, 3.8) is 0 Å². The minimum Gasteiger partial charge on any atom is -0.352 e. The lowest BCUT2D eigenvalue weighted by Crippen LogP contribution is -2.37. The third-order valence-corrected chi connectivity index (χ3v) is 6.85. The summed E-state index contributed by atoms with van der Waals surface area (Å²) in [5, 5.41) is 7.66. The predicted molar refractivity (Wildman–Crippen MR) is 130 cm³/mol. The Balaban J connectivity index is 1.37. The Morgan fingerprint density at radius 3 is 2.64 bits per heavy atom. The van der Waals surface area contributed by atoms with Crippen molar-refractivity contribution in [3.8, 4) is 0 Å². The molecular weight excluding hydrogens is 416 g/mol. The number of hydrogen-bond donors (Lipinski definition) is 1. The first-order chi connectivity index (χ1) is 16.1. The second kappa shape index (κ2) is 9.37. The molecule has 1 aliphatic carbocycles. The van der Waals surface area contributed by atoms with Gasteiger partial charge in [-0.25, -0.2) is 9.67 Å². The fraction of sp³-hybridized carbons (Fsp3) is 0.520. The second-order valence-corrected chi connectivity index (χ2v) is 9.28. The minimum absolute atomic E-state index is 0.110. The van der Waals surface area contributed by atoms with Gasteiger partial charge < -0.3 is 14.8 Å². The Labute approximate surface area is 193 Å². The molecular formula is C25H32N6O2. The smallest absolute Gasteiger partial charge is 0.294 e. The Bertz CT molecular complexity index is 1200. The summed E-state index contributed by atoms with van der Waals surface area (Å²) >= 11 is 0. The van der Waals surface area contributed by atoms with Crippen LogP contribution in [0.4, 0.5) is 11.6 Å². The summed E-state index contributed by atoms with van der Waals surface area (Å²) in [6, 6.07) is 9.96. The maximum absolute atomic E-state index is 13.4. The van der Waals surface area contributed by atoms with E-state index in [9.17, 15) is 9.59 Å². The number of amides is 1. The maximum atomic E-state index is 13.4. The highest BCUT2D eigenvalue weighted by Crippen LogP contribution is 2.32. The van der Waals surface area contributed by atoms with Crippen molar-refractivity contribution in [2.45, 2.75) is 70.9 Å². The number of anilines is 2. The molecule has 33 heavy (non-hydrogen) atoms. The van der Waals surface area contributed by atoms with Crippen LogP contribution < -0.4 is 15.8 Å². The summed E-state index contributed by atoms with van der Waals surface area (Å²) in [7, 11) is 0. The summed E-state index contributed by atoms with van der Waals surface area (Å²) in [4.78, 5) is 33.1. The zero-order valence-electron chi connectivity index (χ0n) is 19.3. The number of nitrogens with zero attached hydrogens (tertiary/aromatic N) is 5. The number of para-hydroxylation sites is 2. The first-order valence-electron chi connectivity index (χ1n) is 12.2.